The highest BCUT2D eigenvalue weighted by Gasteiger charge is 1.95. The van der Waals surface area contributed by atoms with Crippen molar-refractivity contribution in [3.05, 3.63) is 34.9 Å². The van der Waals surface area contributed by atoms with E-state index in [1.807, 2.05) is 24.3 Å². The highest BCUT2D eigenvalue weighted by atomic mass is 127. The minimum absolute atomic E-state index is 0. The third-order valence-corrected chi connectivity index (χ3v) is 2.29. The number of nitrogens with one attached hydrogen (secondary N) is 1. The number of nitrogens with two attached hydrogens (primary N) is 1. The first kappa shape index (κ1) is 16.5. The molecular formula is C12H19ClIN3. The van der Waals surface area contributed by atoms with Crippen LogP contribution in [0.2, 0.25) is 5.02 Å². The van der Waals surface area contributed by atoms with Gasteiger partial charge in [0.1, 0.15) is 0 Å². The lowest BCUT2D eigenvalue weighted by Crippen LogP contribution is -2.34. The lowest BCUT2D eigenvalue weighted by atomic mass is 10.2. The number of nitrogens with zero attached hydrogens (tertiary/aromatic N) is 1. The molecule has 0 aliphatic heterocycles. The van der Waals surface area contributed by atoms with Crippen molar-refractivity contribution in [3.63, 3.8) is 0 Å². The van der Waals surface area contributed by atoms with Crippen LogP contribution in [0.3, 0.4) is 0 Å². The summed E-state index contributed by atoms with van der Waals surface area (Å²) in [6.07, 6.45) is 0. The van der Waals surface area contributed by atoms with Crippen LogP contribution in [0, 0.1) is 5.92 Å². The summed E-state index contributed by atoms with van der Waals surface area (Å²) in [4.78, 5) is 4.24. The van der Waals surface area contributed by atoms with Crippen LogP contribution in [0.15, 0.2) is 29.3 Å². The van der Waals surface area contributed by atoms with E-state index in [0.29, 0.717) is 18.4 Å². The van der Waals surface area contributed by atoms with Crippen molar-refractivity contribution >= 4 is 41.5 Å². The zero-order valence-corrected chi connectivity index (χ0v) is 13.2. The molecule has 1 aromatic carbocycles. The van der Waals surface area contributed by atoms with E-state index < -0.39 is 0 Å². The van der Waals surface area contributed by atoms with Crippen molar-refractivity contribution in [1.29, 1.82) is 0 Å². The molecule has 0 aliphatic carbocycles. The van der Waals surface area contributed by atoms with Crippen LogP contribution in [0.25, 0.3) is 0 Å². The largest absolute Gasteiger partial charge is 0.370 e. The molecule has 0 saturated heterocycles. The monoisotopic (exact) mass is 367 g/mol. The van der Waals surface area contributed by atoms with Gasteiger partial charge in [-0.3, -0.25) is 0 Å². The van der Waals surface area contributed by atoms with Gasteiger partial charge in [-0.15, -0.1) is 24.0 Å². The molecule has 0 spiro atoms. The van der Waals surface area contributed by atoms with Crippen LogP contribution in [0.4, 0.5) is 0 Å². The molecular weight excluding hydrogens is 349 g/mol. The van der Waals surface area contributed by atoms with Gasteiger partial charge < -0.3 is 11.1 Å². The van der Waals surface area contributed by atoms with Crippen LogP contribution in [-0.4, -0.2) is 12.5 Å². The molecule has 5 heteroatoms. The molecule has 0 radical (unpaired) electrons. The quantitative estimate of drug-likeness (QED) is 0.488. The van der Waals surface area contributed by atoms with Gasteiger partial charge in [-0.1, -0.05) is 37.6 Å². The Morgan fingerprint density at radius 1 is 1.35 bits per heavy atom. The van der Waals surface area contributed by atoms with Crippen molar-refractivity contribution in [2.24, 2.45) is 16.6 Å². The topological polar surface area (TPSA) is 50.4 Å². The Hall–Kier alpha value is -0.490. The minimum Gasteiger partial charge on any atom is -0.370 e. The normalized spacial score (nSPS) is 11.2. The molecule has 0 fully saturated rings. The molecule has 0 bridgehead atoms. The average molecular weight is 368 g/mol. The summed E-state index contributed by atoms with van der Waals surface area (Å²) in [7, 11) is 0. The van der Waals surface area contributed by atoms with E-state index in [4.69, 9.17) is 17.3 Å². The second-order valence-corrected chi connectivity index (χ2v) is 4.54. The number of halogens is 2. The van der Waals surface area contributed by atoms with Crippen molar-refractivity contribution in [1.82, 2.24) is 5.32 Å². The number of hydrogen-bond acceptors (Lipinski definition) is 1. The Kier molecular flexibility index (Phi) is 8.33. The second kappa shape index (κ2) is 8.58. The molecule has 0 aromatic heterocycles. The highest BCUT2D eigenvalue weighted by molar-refractivity contribution is 14.0. The zero-order valence-electron chi connectivity index (χ0n) is 10.1. The predicted octanol–water partition coefficient (Wildman–Crippen LogP) is 3.02. The van der Waals surface area contributed by atoms with Gasteiger partial charge in [0, 0.05) is 11.6 Å². The lowest BCUT2D eigenvalue weighted by molar-refractivity contribution is 0.622. The number of guanidine groups is 1. The van der Waals surface area contributed by atoms with Crippen molar-refractivity contribution in [2.75, 3.05) is 6.54 Å². The Morgan fingerprint density at radius 3 is 2.47 bits per heavy atom. The summed E-state index contributed by atoms with van der Waals surface area (Å²) in [6.45, 7) is 5.67. The highest BCUT2D eigenvalue weighted by Crippen LogP contribution is 2.09. The molecule has 0 atom stereocenters. The smallest absolute Gasteiger partial charge is 0.188 e. The van der Waals surface area contributed by atoms with Gasteiger partial charge in [0.15, 0.2) is 5.96 Å². The maximum atomic E-state index is 5.79. The van der Waals surface area contributed by atoms with Crippen molar-refractivity contribution in [2.45, 2.75) is 20.4 Å². The van der Waals surface area contributed by atoms with Gasteiger partial charge in [-0.05, 0) is 23.6 Å². The van der Waals surface area contributed by atoms with Crippen LogP contribution >= 0.6 is 35.6 Å². The van der Waals surface area contributed by atoms with Gasteiger partial charge in [-0.25, -0.2) is 4.99 Å². The van der Waals surface area contributed by atoms with Gasteiger partial charge >= 0.3 is 0 Å². The molecule has 1 aromatic rings. The van der Waals surface area contributed by atoms with Crippen molar-refractivity contribution < 1.29 is 0 Å². The SMILES string of the molecule is CC(C)CNC(N)=NCc1ccc(Cl)cc1.I. The molecule has 0 heterocycles. The summed E-state index contributed by atoms with van der Waals surface area (Å²) in [5.74, 6) is 1.05. The number of hydrogen-bond donors (Lipinski definition) is 2. The molecule has 0 aliphatic rings. The van der Waals surface area contributed by atoms with Crippen LogP contribution < -0.4 is 11.1 Å². The molecule has 3 nitrogen and oxygen atoms in total. The molecule has 17 heavy (non-hydrogen) atoms. The summed E-state index contributed by atoms with van der Waals surface area (Å²) in [6, 6.07) is 7.59. The average Bonchev–Trinajstić information content (AvgIpc) is 2.25. The molecule has 0 unspecified atom stereocenters. The van der Waals surface area contributed by atoms with Gasteiger partial charge in [0.25, 0.3) is 0 Å². The Balaban J connectivity index is 0.00000256. The number of benzene rings is 1. The van der Waals surface area contributed by atoms with E-state index in [9.17, 15) is 0 Å². The maximum absolute atomic E-state index is 5.79. The third kappa shape index (κ3) is 7.44. The Bertz CT molecular complexity index is 349. The first-order valence-electron chi connectivity index (χ1n) is 5.36. The predicted molar refractivity (Wildman–Crippen MR) is 85.0 cm³/mol. The van der Waals surface area contributed by atoms with Gasteiger partial charge in [-0.2, -0.15) is 0 Å². The summed E-state index contributed by atoms with van der Waals surface area (Å²) in [5.41, 5.74) is 6.81. The standard InChI is InChI=1S/C12H18ClN3.HI/c1-9(2)7-15-12(14)16-8-10-3-5-11(13)6-4-10;/h3-6,9H,7-8H2,1-2H3,(H3,14,15,16);1H. The molecule has 0 saturated carbocycles. The van der Waals surface area contributed by atoms with Crippen LogP contribution in [0.5, 0.6) is 0 Å². The summed E-state index contributed by atoms with van der Waals surface area (Å²) in [5, 5.41) is 3.80. The fourth-order valence-corrected chi connectivity index (χ4v) is 1.26. The number of aliphatic imine (C=N–C) groups is 1. The first-order valence-corrected chi connectivity index (χ1v) is 5.74. The van der Waals surface area contributed by atoms with E-state index >= 15 is 0 Å². The maximum Gasteiger partial charge on any atom is 0.188 e. The molecule has 96 valence electrons. The van der Waals surface area contributed by atoms with E-state index in [0.717, 1.165) is 17.1 Å². The van der Waals surface area contributed by atoms with E-state index in [2.05, 4.69) is 24.2 Å². The zero-order chi connectivity index (χ0) is 12.0. The Labute approximate surface area is 125 Å². The van der Waals surface area contributed by atoms with Crippen molar-refractivity contribution in [3.8, 4) is 0 Å². The van der Waals surface area contributed by atoms with E-state index in [1.165, 1.54) is 0 Å². The third-order valence-electron chi connectivity index (χ3n) is 2.04. The fraction of sp³-hybridized carbons (Fsp3) is 0.417. The molecule has 3 N–H and O–H groups in total. The van der Waals surface area contributed by atoms with Crippen LogP contribution in [0.1, 0.15) is 19.4 Å². The van der Waals surface area contributed by atoms with E-state index in [-0.39, 0.29) is 24.0 Å². The Morgan fingerprint density at radius 2 is 1.94 bits per heavy atom. The van der Waals surface area contributed by atoms with Gasteiger partial charge in [0.05, 0.1) is 6.54 Å². The van der Waals surface area contributed by atoms with E-state index in [1.54, 1.807) is 0 Å². The first-order chi connectivity index (χ1) is 7.58. The second-order valence-electron chi connectivity index (χ2n) is 4.10. The minimum atomic E-state index is 0. The molecule has 1 rings (SSSR count). The van der Waals surface area contributed by atoms with Crippen LogP contribution in [-0.2, 0) is 6.54 Å². The lowest BCUT2D eigenvalue weighted by Gasteiger charge is -2.07. The summed E-state index contributed by atoms with van der Waals surface area (Å²) >= 11 is 5.79. The fourth-order valence-electron chi connectivity index (χ4n) is 1.13. The molecule has 0 amide bonds. The number of rotatable bonds is 4. The summed E-state index contributed by atoms with van der Waals surface area (Å²) < 4.78 is 0. The van der Waals surface area contributed by atoms with Gasteiger partial charge in [0.2, 0.25) is 0 Å².